The highest BCUT2D eigenvalue weighted by atomic mass is 32.3. The van der Waals surface area contributed by atoms with Gasteiger partial charge in [-0.25, -0.2) is 9.18 Å². The topological polar surface area (TPSA) is 91.8 Å². The molecule has 6 nitrogen and oxygen atoms in total. The van der Waals surface area contributed by atoms with E-state index < -0.39 is 39.6 Å². The number of carbonyl (C=O) groups excluding carboxylic acids is 1. The minimum Gasteiger partial charge on any atom is -0.478 e. The number of carboxylic acid groups (broad SMARTS) is 1. The van der Waals surface area contributed by atoms with Crippen LogP contribution in [0.25, 0.3) is 0 Å². The Labute approximate surface area is 119 Å². The minimum atomic E-state index is -4.72. The Bertz CT molecular complexity index is 704. The molecule has 114 valence electrons. The number of aromatic carboxylic acids is 1. The summed E-state index contributed by atoms with van der Waals surface area (Å²) in [6, 6.07) is 3.03. The summed E-state index contributed by atoms with van der Waals surface area (Å²) in [5, 5.41) is 8.73. The molecular formula is C12H11F2NO5S. The van der Waals surface area contributed by atoms with Gasteiger partial charge < -0.3 is 10.0 Å². The summed E-state index contributed by atoms with van der Waals surface area (Å²) in [5.74, 6) is -4.32. The van der Waals surface area contributed by atoms with Gasteiger partial charge in [-0.1, -0.05) is 0 Å². The zero-order valence-electron chi connectivity index (χ0n) is 10.6. The summed E-state index contributed by atoms with van der Waals surface area (Å²) >= 11 is 0. The smallest absolute Gasteiger partial charge is 0.335 e. The Morgan fingerprint density at radius 1 is 1.43 bits per heavy atom. The summed E-state index contributed by atoms with van der Waals surface area (Å²) < 4.78 is 47.6. The third kappa shape index (κ3) is 3.54. The van der Waals surface area contributed by atoms with Gasteiger partial charge in [0.15, 0.2) is 0 Å². The fraction of sp³-hybridized carbons (Fsp3) is 0.333. The molecule has 1 aliphatic heterocycles. The van der Waals surface area contributed by atoms with Crippen molar-refractivity contribution in [2.75, 3.05) is 17.2 Å². The quantitative estimate of drug-likeness (QED) is 0.841. The lowest BCUT2D eigenvalue weighted by Gasteiger charge is -2.17. The first-order valence-electron chi connectivity index (χ1n) is 5.93. The van der Waals surface area contributed by atoms with Crippen molar-refractivity contribution in [1.82, 2.24) is 0 Å². The molecule has 1 fully saturated rings. The molecule has 0 aromatic heterocycles. The summed E-state index contributed by atoms with van der Waals surface area (Å²) in [5.41, 5.74) is -0.422. The van der Waals surface area contributed by atoms with Crippen molar-refractivity contribution in [3.63, 3.8) is 0 Å². The van der Waals surface area contributed by atoms with Crippen molar-refractivity contribution in [3.8, 4) is 0 Å². The molecule has 1 heterocycles. The van der Waals surface area contributed by atoms with Gasteiger partial charge in [-0.05, 0) is 18.2 Å². The highest BCUT2D eigenvalue weighted by Gasteiger charge is 2.34. The number of benzene rings is 1. The zero-order valence-corrected chi connectivity index (χ0v) is 11.4. The first-order valence-corrected chi connectivity index (χ1v) is 7.48. The molecule has 21 heavy (non-hydrogen) atoms. The predicted molar refractivity (Wildman–Crippen MR) is 68.7 cm³/mol. The molecule has 0 radical (unpaired) electrons. The molecule has 1 saturated heterocycles. The molecule has 0 spiro atoms. The van der Waals surface area contributed by atoms with E-state index in [1.807, 2.05) is 0 Å². The van der Waals surface area contributed by atoms with Crippen LogP contribution in [-0.2, 0) is 15.0 Å². The van der Waals surface area contributed by atoms with E-state index >= 15 is 0 Å². The van der Waals surface area contributed by atoms with Crippen molar-refractivity contribution in [1.29, 1.82) is 0 Å². The number of halogens is 2. The van der Waals surface area contributed by atoms with E-state index in [4.69, 9.17) is 5.11 Å². The number of carboxylic acids is 1. The molecule has 1 N–H and O–H groups in total. The second kappa shape index (κ2) is 5.40. The van der Waals surface area contributed by atoms with Gasteiger partial charge in [-0.2, -0.15) is 8.42 Å². The number of hydrogen-bond donors (Lipinski definition) is 1. The minimum absolute atomic E-state index is 0.134. The molecule has 1 aliphatic rings. The summed E-state index contributed by atoms with van der Waals surface area (Å²) in [7, 11) is -4.72. The zero-order chi connectivity index (χ0) is 15.8. The van der Waals surface area contributed by atoms with Gasteiger partial charge in [0.2, 0.25) is 5.91 Å². The third-order valence-electron chi connectivity index (χ3n) is 3.13. The fourth-order valence-corrected chi connectivity index (χ4v) is 3.05. The Morgan fingerprint density at radius 2 is 2.10 bits per heavy atom. The van der Waals surface area contributed by atoms with E-state index in [1.54, 1.807) is 0 Å². The van der Waals surface area contributed by atoms with Crippen LogP contribution in [0.5, 0.6) is 0 Å². The number of anilines is 1. The van der Waals surface area contributed by atoms with Crippen LogP contribution < -0.4 is 4.90 Å². The van der Waals surface area contributed by atoms with E-state index in [-0.39, 0.29) is 24.2 Å². The van der Waals surface area contributed by atoms with Crippen molar-refractivity contribution >= 4 is 27.8 Å². The summed E-state index contributed by atoms with van der Waals surface area (Å²) in [6.07, 6.45) is -0.205. The maximum Gasteiger partial charge on any atom is 0.335 e. The van der Waals surface area contributed by atoms with Crippen molar-refractivity contribution in [3.05, 3.63) is 29.6 Å². The summed E-state index contributed by atoms with van der Waals surface area (Å²) in [6.45, 7) is -0.134. The fourth-order valence-electron chi connectivity index (χ4n) is 2.27. The first-order chi connectivity index (χ1) is 9.67. The van der Waals surface area contributed by atoms with Crippen molar-refractivity contribution in [2.45, 2.75) is 6.42 Å². The molecule has 2 rings (SSSR count). The molecule has 1 unspecified atom stereocenters. The Morgan fingerprint density at radius 3 is 2.62 bits per heavy atom. The Balaban J connectivity index is 2.23. The third-order valence-corrected chi connectivity index (χ3v) is 3.99. The van der Waals surface area contributed by atoms with Gasteiger partial charge in [0.1, 0.15) is 5.82 Å². The second-order valence-corrected chi connectivity index (χ2v) is 6.16. The molecule has 1 atom stereocenters. The van der Waals surface area contributed by atoms with Gasteiger partial charge in [-0.15, -0.1) is 3.89 Å². The van der Waals surface area contributed by atoms with Crippen LogP contribution in [0.2, 0.25) is 0 Å². The van der Waals surface area contributed by atoms with Crippen LogP contribution in [0.1, 0.15) is 16.8 Å². The molecule has 1 aromatic rings. The lowest BCUT2D eigenvalue weighted by Crippen LogP contribution is -2.26. The van der Waals surface area contributed by atoms with Gasteiger partial charge in [0.25, 0.3) is 0 Å². The van der Waals surface area contributed by atoms with E-state index in [2.05, 4.69) is 0 Å². The lowest BCUT2D eigenvalue weighted by molar-refractivity contribution is -0.117. The van der Waals surface area contributed by atoms with Crippen LogP contribution in [0.3, 0.4) is 0 Å². The van der Waals surface area contributed by atoms with Crippen LogP contribution in [0.15, 0.2) is 18.2 Å². The van der Waals surface area contributed by atoms with E-state index in [9.17, 15) is 26.3 Å². The van der Waals surface area contributed by atoms with Crippen LogP contribution in [0.4, 0.5) is 14.0 Å². The molecule has 1 aromatic carbocycles. The first kappa shape index (κ1) is 15.4. The number of rotatable bonds is 4. The maximum absolute atomic E-state index is 13.9. The van der Waals surface area contributed by atoms with E-state index in [0.717, 1.165) is 23.1 Å². The summed E-state index contributed by atoms with van der Waals surface area (Å²) in [4.78, 5) is 23.5. The van der Waals surface area contributed by atoms with Crippen molar-refractivity contribution < 1.29 is 31.4 Å². The number of hydrogen-bond acceptors (Lipinski definition) is 4. The number of nitrogens with zero attached hydrogens (tertiary/aromatic N) is 1. The van der Waals surface area contributed by atoms with E-state index in [1.165, 1.54) is 0 Å². The molecule has 1 amide bonds. The van der Waals surface area contributed by atoms with Gasteiger partial charge in [0, 0.05) is 18.9 Å². The maximum atomic E-state index is 13.9. The van der Waals surface area contributed by atoms with Gasteiger partial charge in [-0.3, -0.25) is 4.79 Å². The largest absolute Gasteiger partial charge is 0.478 e. The Kier molecular flexibility index (Phi) is 3.95. The molecule has 0 saturated carbocycles. The average molecular weight is 319 g/mol. The average Bonchev–Trinajstić information content (AvgIpc) is 2.67. The number of carbonyl (C=O) groups is 2. The SMILES string of the molecule is O=C(O)c1ccc(N2CC(CS(=O)(=O)F)CC2=O)c(F)c1. The van der Waals surface area contributed by atoms with Crippen molar-refractivity contribution in [2.24, 2.45) is 5.92 Å². The Hall–Kier alpha value is -2.03. The van der Waals surface area contributed by atoms with E-state index in [0.29, 0.717) is 0 Å². The predicted octanol–water partition coefficient (Wildman–Crippen LogP) is 1.18. The molecule has 9 heteroatoms. The molecule has 0 aliphatic carbocycles. The van der Waals surface area contributed by atoms with Gasteiger partial charge in [0.05, 0.1) is 17.0 Å². The van der Waals surface area contributed by atoms with Gasteiger partial charge >= 0.3 is 16.2 Å². The van der Waals surface area contributed by atoms with Crippen LogP contribution in [-0.4, -0.2) is 37.7 Å². The standard InChI is InChI=1S/C12H11F2NO5S/c13-9-4-8(12(17)18)1-2-10(9)15-5-7(3-11(15)16)6-21(14,19)20/h1-2,4,7H,3,5-6H2,(H,17,18). The second-order valence-electron chi connectivity index (χ2n) is 4.75. The monoisotopic (exact) mass is 319 g/mol. The highest BCUT2D eigenvalue weighted by Crippen LogP contribution is 2.29. The molecule has 0 bridgehead atoms. The lowest BCUT2D eigenvalue weighted by atomic mass is 10.1. The highest BCUT2D eigenvalue weighted by molar-refractivity contribution is 7.86. The van der Waals surface area contributed by atoms with Crippen LogP contribution >= 0.6 is 0 Å². The van der Waals surface area contributed by atoms with Crippen LogP contribution in [0, 0.1) is 11.7 Å². The normalized spacial score (nSPS) is 19.0. The molecular weight excluding hydrogens is 308 g/mol. The number of amides is 1.